The van der Waals surface area contributed by atoms with E-state index >= 15 is 0 Å². The number of nitrogens with zero attached hydrogens (tertiary/aromatic N) is 1. The van der Waals surface area contributed by atoms with Gasteiger partial charge in [0.1, 0.15) is 0 Å². The molecule has 1 saturated heterocycles. The summed E-state index contributed by atoms with van der Waals surface area (Å²) in [5.74, 6) is 0.663. The zero-order valence-electron chi connectivity index (χ0n) is 13.1. The molecule has 2 rings (SSSR count). The summed E-state index contributed by atoms with van der Waals surface area (Å²) in [5.41, 5.74) is 1.58. The van der Waals surface area contributed by atoms with Crippen molar-refractivity contribution in [1.82, 2.24) is 10.2 Å². The molecule has 0 saturated carbocycles. The molecule has 2 nitrogen and oxygen atoms in total. The number of halogens is 1. The second kappa shape index (κ2) is 6.46. The first-order valence-corrected chi connectivity index (χ1v) is 8.05. The number of hydrogen-bond acceptors (Lipinski definition) is 2. The molecule has 1 aliphatic heterocycles. The first-order valence-electron chi connectivity index (χ1n) is 7.67. The highest BCUT2D eigenvalue weighted by Crippen LogP contribution is 2.24. The molecule has 2 unspecified atom stereocenters. The Balaban J connectivity index is 2.13. The second-order valence-electron chi connectivity index (χ2n) is 6.64. The van der Waals surface area contributed by atoms with E-state index in [-0.39, 0.29) is 5.54 Å². The molecule has 2 atom stereocenters. The standard InChI is InChI=1S/C17H27ClN2/c1-5-17(4)12-20(16(10-19-17)13(2)3)11-14-6-8-15(18)9-7-14/h6-9,13,16,19H,5,10-12H2,1-4H3. The van der Waals surface area contributed by atoms with Crippen LogP contribution in [0.3, 0.4) is 0 Å². The quantitative estimate of drug-likeness (QED) is 0.905. The summed E-state index contributed by atoms with van der Waals surface area (Å²) < 4.78 is 0. The van der Waals surface area contributed by atoms with Crippen LogP contribution in [0.5, 0.6) is 0 Å². The molecule has 3 heteroatoms. The highest BCUT2D eigenvalue weighted by molar-refractivity contribution is 6.30. The van der Waals surface area contributed by atoms with Crippen molar-refractivity contribution in [1.29, 1.82) is 0 Å². The summed E-state index contributed by atoms with van der Waals surface area (Å²) in [7, 11) is 0. The maximum Gasteiger partial charge on any atom is 0.0406 e. The molecule has 0 radical (unpaired) electrons. The average molecular weight is 295 g/mol. The average Bonchev–Trinajstić information content (AvgIpc) is 2.41. The van der Waals surface area contributed by atoms with Gasteiger partial charge >= 0.3 is 0 Å². The maximum atomic E-state index is 5.98. The summed E-state index contributed by atoms with van der Waals surface area (Å²) in [6.45, 7) is 12.4. The monoisotopic (exact) mass is 294 g/mol. The number of piperazine rings is 1. The van der Waals surface area contributed by atoms with Crippen molar-refractivity contribution in [2.75, 3.05) is 13.1 Å². The molecular weight excluding hydrogens is 268 g/mol. The molecule has 0 spiro atoms. The SMILES string of the molecule is CCC1(C)CN(Cc2ccc(Cl)cc2)C(C(C)C)CN1. The first kappa shape index (κ1) is 15.8. The lowest BCUT2D eigenvalue weighted by atomic mass is 9.89. The van der Waals surface area contributed by atoms with Gasteiger partial charge in [-0.2, -0.15) is 0 Å². The Morgan fingerprint density at radius 2 is 2.00 bits per heavy atom. The third-order valence-electron chi connectivity index (χ3n) is 4.61. The lowest BCUT2D eigenvalue weighted by molar-refractivity contribution is 0.0539. The summed E-state index contributed by atoms with van der Waals surface area (Å²) >= 11 is 5.98. The van der Waals surface area contributed by atoms with Crippen molar-refractivity contribution in [3.8, 4) is 0 Å². The van der Waals surface area contributed by atoms with Crippen LogP contribution in [0.2, 0.25) is 5.02 Å². The van der Waals surface area contributed by atoms with Crippen LogP contribution in [0.4, 0.5) is 0 Å². The molecule has 0 aromatic heterocycles. The van der Waals surface area contributed by atoms with Gasteiger partial charge in [0.05, 0.1) is 0 Å². The van der Waals surface area contributed by atoms with Crippen molar-refractivity contribution >= 4 is 11.6 Å². The fourth-order valence-electron chi connectivity index (χ4n) is 2.99. The topological polar surface area (TPSA) is 15.3 Å². The number of benzene rings is 1. The van der Waals surface area contributed by atoms with Crippen LogP contribution in [-0.2, 0) is 6.54 Å². The lowest BCUT2D eigenvalue weighted by Crippen LogP contribution is -2.63. The first-order chi connectivity index (χ1) is 9.43. The van der Waals surface area contributed by atoms with E-state index in [4.69, 9.17) is 11.6 Å². The van der Waals surface area contributed by atoms with E-state index in [1.807, 2.05) is 12.1 Å². The summed E-state index contributed by atoms with van der Waals surface area (Å²) in [6.07, 6.45) is 1.16. The highest BCUT2D eigenvalue weighted by Gasteiger charge is 2.35. The van der Waals surface area contributed by atoms with Gasteiger partial charge in [0, 0.05) is 36.2 Å². The predicted octanol–water partition coefficient (Wildman–Crippen LogP) is 3.94. The molecule has 1 aliphatic rings. The molecule has 1 aromatic rings. The Hall–Kier alpha value is -0.570. The molecule has 112 valence electrons. The minimum absolute atomic E-state index is 0.234. The van der Waals surface area contributed by atoms with Crippen LogP contribution in [0, 0.1) is 5.92 Å². The Morgan fingerprint density at radius 3 is 2.55 bits per heavy atom. The van der Waals surface area contributed by atoms with Gasteiger partial charge in [0.15, 0.2) is 0 Å². The van der Waals surface area contributed by atoms with Crippen LogP contribution in [0.25, 0.3) is 0 Å². The number of hydrogen-bond donors (Lipinski definition) is 1. The van der Waals surface area contributed by atoms with E-state index in [2.05, 4.69) is 50.0 Å². The van der Waals surface area contributed by atoms with Gasteiger partial charge in [0.2, 0.25) is 0 Å². The van der Waals surface area contributed by atoms with Gasteiger partial charge in [-0.1, -0.05) is 44.5 Å². The predicted molar refractivity (Wildman–Crippen MR) is 87.2 cm³/mol. The van der Waals surface area contributed by atoms with Crippen molar-refractivity contribution in [3.63, 3.8) is 0 Å². The van der Waals surface area contributed by atoms with Gasteiger partial charge in [-0.25, -0.2) is 0 Å². The van der Waals surface area contributed by atoms with Crippen molar-refractivity contribution in [2.24, 2.45) is 5.92 Å². The van der Waals surface area contributed by atoms with Crippen LogP contribution in [0.15, 0.2) is 24.3 Å². The number of nitrogens with one attached hydrogen (secondary N) is 1. The van der Waals surface area contributed by atoms with Crippen molar-refractivity contribution in [2.45, 2.75) is 52.2 Å². The van der Waals surface area contributed by atoms with Gasteiger partial charge in [0.25, 0.3) is 0 Å². The smallest absolute Gasteiger partial charge is 0.0406 e. The maximum absolute atomic E-state index is 5.98. The minimum Gasteiger partial charge on any atom is -0.309 e. The summed E-state index contributed by atoms with van der Waals surface area (Å²) in [5, 5.41) is 4.55. The zero-order chi connectivity index (χ0) is 14.8. The Bertz CT molecular complexity index is 429. The molecule has 1 heterocycles. The van der Waals surface area contributed by atoms with Crippen LogP contribution in [-0.4, -0.2) is 29.6 Å². The Morgan fingerprint density at radius 1 is 1.35 bits per heavy atom. The molecule has 1 N–H and O–H groups in total. The molecule has 0 amide bonds. The van der Waals surface area contributed by atoms with Gasteiger partial charge in [-0.05, 0) is 37.0 Å². The molecule has 1 aromatic carbocycles. The van der Waals surface area contributed by atoms with Crippen LogP contribution >= 0.6 is 11.6 Å². The van der Waals surface area contributed by atoms with E-state index in [1.54, 1.807) is 0 Å². The Kier molecular flexibility index (Phi) is 5.11. The van der Waals surface area contributed by atoms with Gasteiger partial charge in [-0.15, -0.1) is 0 Å². The minimum atomic E-state index is 0.234. The van der Waals surface area contributed by atoms with E-state index < -0.39 is 0 Å². The van der Waals surface area contributed by atoms with Crippen LogP contribution < -0.4 is 5.32 Å². The fraction of sp³-hybridized carbons (Fsp3) is 0.647. The third-order valence-corrected chi connectivity index (χ3v) is 4.86. The van der Waals surface area contributed by atoms with E-state index in [9.17, 15) is 0 Å². The van der Waals surface area contributed by atoms with E-state index in [1.165, 1.54) is 5.56 Å². The fourth-order valence-corrected chi connectivity index (χ4v) is 3.12. The largest absolute Gasteiger partial charge is 0.309 e. The lowest BCUT2D eigenvalue weighted by Gasteiger charge is -2.47. The Labute approximate surface area is 128 Å². The second-order valence-corrected chi connectivity index (χ2v) is 7.07. The van der Waals surface area contributed by atoms with Crippen molar-refractivity contribution in [3.05, 3.63) is 34.9 Å². The van der Waals surface area contributed by atoms with Gasteiger partial charge < -0.3 is 5.32 Å². The zero-order valence-corrected chi connectivity index (χ0v) is 13.9. The number of rotatable bonds is 4. The molecule has 20 heavy (non-hydrogen) atoms. The molecule has 0 aliphatic carbocycles. The summed E-state index contributed by atoms with van der Waals surface area (Å²) in [6, 6.07) is 8.87. The van der Waals surface area contributed by atoms with E-state index in [0.717, 1.165) is 31.1 Å². The third kappa shape index (κ3) is 3.75. The van der Waals surface area contributed by atoms with E-state index in [0.29, 0.717) is 12.0 Å². The normalized spacial score (nSPS) is 28.0. The van der Waals surface area contributed by atoms with Crippen molar-refractivity contribution < 1.29 is 0 Å². The molecule has 1 fully saturated rings. The molecular formula is C17H27ClN2. The molecule has 0 bridgehead atoms. The van der Waals surface area contributed by atoms with Gasteiger partial charge in [-0.3, -0.25) is 4.90 Å². The summed E-state index contributed by atoms with van der Waals surface area (Å²) in [4.78, 5) is 2.63. The highest BCUT2D eigenvalue weighted by atomic mass is 35.5. The van der Waals surface area contributed by atoms with Crippen LogP contribution in [0.1, 0.15) is 39.7 Å².